The fourth-order valence-electron chi connectivity index (χ4n) is 2.64. The Morgan fingerprint density at radius 2 is 1.85 bits per heavy atom. The molecule has 20 heavy (non-hydrogen) atoms. The van der Waals surface area contributed by atoms with E-state index in [0.717, 1.165) is 25.7 Å². The van der Waals surface area contributed by atoms with Gasteiger partial charge in [0.15, 0.2) is 5.84 Å². The summed E-state index contributed by atoms with van der Waals surface area (Å²) in [5.41, 5.74) is 5.38. The normalized spacial score (nSPS) is 19.1. The van der Waals surface area contributed by atoms with Crippen LogP contribution in [0.25, 0.3) is 0 Å². The minimum absolute atomic E-state index is 0.0197. The van der Waals surface area contributed by atoms with Gasteiger partial charge in [-0.15, -0.1) is 0 Å². The van der Waals surface area contributed by atoms with Crippen LogP contribution in [0.2, 0.25) is 0 Å². The molecule has 2 rings (SSSR count). The summed E-state index contributed by atoms with van der Waals surface area (Å²) in [6, 6.07) is 0. The number of nitrogens with zero attached hydrogens (tertiary/aromatic N) is 3. The van der Waals surface area contributed by atoms with Gasteiger partial charge in [0.05, 0.1) is 18.1 Å². The molecule has 1 amide bonds. The maximum atomic E-state index is 12.6. The minimum atomic E-state index is -0.943. The highest BCUT2D eigenvalue weighted by Crippen LogP contribution is 2.36. The lowest BCUT2D eigenvalue weighted by atomic mass is 9.78. The lowest BCUT2D eigenvalue weighted by Gasteiger charge is -2.29. The Morgan fingerprint density at radius 3 is 2.40 bits per heavy atom. The summed E-state index contributed by atoms with van der Waals surface area (Å²) in [6.45, 7) is 0. The van der Waals surface area contributed by atoms with Crippen molar-refractivity contribution >= 4 is 17.4 Å². The van der Waals surface area contributed by atoms with E-state index in [4.69, 9.17) is 10.9 Å². The number of oxime groups is 1. The first-order chi connectivity index (χ1) is 9.69. The van der Waals surface area contributed by atoms with Crippen LogP contribution >= 0.6 is 0 Å². The van der Waals surface area contributed by atoms with Gasteiger partial charge in [-0.25, -0.2) is 9.97 Å². The zero-order chi connectivity index (χ0) is 14.4. The van der Waals surface area contributed by atoms with Crippen molar-refractivity contribution < 1.29 is 10.0 Å². The fourth-order valence-corrected chi connectivity index (χ4v) is 2.64. The maximum Gasteiger partial charge on any atom is 0.238 e. The molecule has 1 aromatic rings. The van der Waals surface area contributed by atoms with Gasteiger partial charge < -0.3 is 16.3 Å². The van der Waals surface area contributed by atoms with Crippen molar-refractivity contribution in [2.24, 2.45) is 16.3 Å². The van der Waals surface area contributed by atoms with Gasteiger partial charge in [-0.1, -0.05) is 30.8 Å². The first kappa shape index (κ1) is 14.2. The van der Waals surface area contributed by atoms with Crippen molar-refractivity contribution in [2.75, 3.05) is 5.32 Å². The highest BCUT2D eigenvalue weighted by atomic mass is 16.4. The third-order valence-electron chi connectivity index (χ3n) is 3.81. The van der Waals surface area contributed by atoms with Crippen LogP contribution in [0.5, 0.6) is 0 Å². The molecule has 0 atom stereocenters. The summed E-state index contributed by atoms with van der Waals surface area (Å²) >= 11 is 0. The van der Waals surface area contributed by atoms with Crippen LogP contribution in [0.4, 0.5) is 5.69 Å². The van der Waals surface area contributed by atoms with Crippen LogP contribution in [-0.2, 0) is 4.79 Å². The predicted octanol–water partition coefficient (Wildman–Crippen LogP) is 1.50. The third kappa shape index (κ3) is 2.87. The van der Waals surface area contributed by atoms with Crippen LogP contribution < -0.4 is 11.1 Å². The molecule has 0 aliphatic heterocycles. The number of hydrogen-bond donors (Lipinski definition) is 3. The van der Waals surface area contributed by atoms with E-state index in [1.165, 1.54) is 18.7 Å². The van der Waals surface area contributed by atoms with Gasteiger partial charge >= 0.3 is 0 Å². The average molecular weight is 277 g/mol. The van der Waals surface area contributed by atoms with E-state index in [1.54, 1.807) is 0 Å². The molecule has 1 aromatic heterocycles. The second kappa shape index (κ2) is 6.31. The predicted molar refractivity (Wildman–Crippen MR) is 74.2 cm³/mol. The minimum Gasteiger partial charge on any atom is -0.409 e. The summed E-state index contributed by atoms with van der Waals surface area (Å²) in [5, 5.41) is 14.9. The zero-order valence-electron chi connectivity index (χ0n) is 11.2. The number of carbonyl (C=O) groups is 1. The summed E-state index contributed by atoms with van der Waals surface area (Å²) in [7, 11) is 0. The molecule has 1 saturated carbocycles. The summed E-state index contributed by atoms with van der Waals surface area (Å²) < 4.78 is 0. The monoisotopic (exact) mass is 277 g/mol. The zero-order valence-corrected chi connectivity index (χ0v) is 11.2. The van der Waals surface area contributed by atoms with Gasteiger partial charge in [0, 0.05) is 0 Å². The Kier molecular flexibility index (Phi) is 4.49. The van der Waals surface area contributed by atoms with Gasteiger partial charge in [-0.3, -0.25) is 4.79 Å². The number of aromatic nitrogens is 2. The first-order valence-corrected chi connectivity index (χ1v) is 6.73. The molecule has 0 radical (unpaired) electrons. The van der Waals surface area contributed by atoms with Gasteiger partial charge in [0.2, 0.25) is 5.91 Å². The van der Waals surface area contributed by atoms with E-state index in [0.29, 0.717) is 18.5 Å². The van der Waals surface area contributed by atoms with Crippen molar-refractivity contribution in [2.45, 2.75) is 38.5 Å². The molecule has 0 spiro atoms. The van der Waals surface area contributed by atoms with Crippen LogP contribution in [0.3, 0.4) is 0 Å². The highest BCUT2D eigenvalue weighted by Gasteiger charge is 2.43. The van der Waals surface area contributed by atoms with Crippen molar-refractivity contribution in [1.82, 2.24) is 9.97 Å². The van der Waals surface area contributed by atoms with Gasteiger partial charge in [-0.05, 0) is 12.8 Å². The van der Waals surface area contributed by atoms with Crippen LogP contribution in [0.15, 0.2) is 23.9 Å². The van der Waals surface area contributed by atoms with Gasteiger partial charge in [0.1, 0.15) is 11.7 Å². The van der Waals surface area contributed by atoms with Gasteiger partial charge in [0.25, 0.3) is 0 Å². The largest absolute Gasteiger partial charge is 0.409 e. The molecule has 108 valence electrons. The fraction of sp³-hybridized carbons (Fsp3) is 0.538. The Bertz CT molecular complexity index is 481. The van der Waals surface area contributed by atoms with Crippen molar-refractivity contribution in [3.05, 3.63) is 18.7 Å². The number of nitrogens with one attached hydrogen (secondary N) is 1. The van der Waals surface area contributed by atoms with Crippen LogP contribution in [-0.4, -0.2) is 26.9 Å². The van der Waals surface area contributed by atoms with Crippen molar-refractivity contribution in [1.29, 1.82) is 0 Å². The van der Waals surface area contributed by atoms with Crippen LogP contribution in [0, 0.1) is 5.41 Å². The lowest BCUT2D eigenvalue weighted by molar-refractivity contribution is -0.123. The summed E-state index contributed by atoms with van der Waals surface area (Å²) in [6.07, 6.45) is 9.48. The number of hydrogen-bond acceptors (Lipinski definition) is 5. The number of carbonyl (C=O) groups excluding carboxylic acids is 1. The topological polar surface area (TPSA) is 113 Å². The molecular weight excluding hydrogens is 258 g/mol. The number of amides is 1. The Balaban J connectivity index is 2.24. The third-order valence-corrected chi connectivity index (χ3v) is 3.81. The standard InChI is InChI=1S/C13H19N5O2/c14-11(18-20)13(5-3-1-2-4-6-13)12(19)17-10-7-15-9-16-8-10/h7-9,20H,1-6H2,(H2,14,18)(H,17,19). The molecule has 1 heterocycles. The molecule has 0 saturated heterocycles. The van der Waals surface area contributed by atoms with Crippen molar-refractivity contribution in [3.8, 4) is 0 Å². The van der Waals surface area contributed by atoms with Crippen LogP contribution in [0.1, 0.15) is 38.5 Å². The van der Waals surface area contributed by atoms with E-state index in [1.807, 2.05) is 0 Å². The summed E-state index contributed by atoms with van der Waals surface area (Å²) in [4.78, 5) is 20.3. The van der Waals surface area contributed by atoms with E-state index in [9.17, 15) is 4.79 Å². The molecule has 1 fully saturated rings. The summed E-state index contributed by atoms with van der Waals surface area (Å²) in [5.74, 6) is -0.279. The first-order valence-electron chi connectivity index (χ1n) is 6.73. The van der Waals surface area contributed by atoms with E-state index in [2.05, 4.69) is 20.4 Å². The smallest absolute Gasteiger partial charge is 0.238 e. The maximum absolute atomic E-state index is 12.6. The lowest BCUT2D eigenvalue weighted by Crippen LogP contribution is -2.46. The number of amidine groups is 1. The molecule has 1 aliphatic rings. The molecule has 4 N–H and O–H groups in total. The van der Waals surface area contributed by atoms with Gasteiger partial charge in [-0.2, -0.15) is 0 Å². The second-order valence-corrected chi connectivity index (χ2v) is 5.06. The van der Waals surface area contributed by atoms with E-state index in [-0.39, 0.29) is 11.7 Å². The SMILES string of the molecule is NC(=NO)C1(C(=O)Nc2cncnc2)CCCCCC1. The average Bonchev–Trinajstić information content (AvgIpc) is 2.74. The second-order valence-electron chi connectivity index (χ2n) is 5.06. The molecule has 0 unspecified atom stereocenters. The molecule has 0 aromatic carbocycles. The Morgan fingerprint density at radius 1 is 1.25 bits per heavy atom. The highest BCUT2D eigenvalue weighted by molar-refractivity contribution is 6.11. The molecule has 1 aliphatic carbocycles. The molecule has 7 nitrogen and oxygen atoms in total. The number of rotatable bonds is 3. The number of anilines is 1. The molecule has 0 bridgehead atoms. The Labute approximate surface area is 117 Å². The van der Waals surface area contributed by atoms with E-state index >= 15 is 0 Å². The number of nitrogens with two attached hydrogens (primary N) is 1. The quantitative estimate of drug-likeness (QED) is 0.255. The Hall–Kier alpha value is -2.18. The molecular formula is C13H19N5O2. The van der Waals surface area contributed by atoms with E-state index < -0.39 is 5.41 Å². The molecule has 7 heteroatoms. The van der Waals surface area contributed by atoms with Crippen molar-refractivity contribution in [3.63, 3.8) is 0 Å².